The van der Waals surface area contributed by atoms with Crippen LogP contribution in [0, 0.1) is 0 Å². The first-order valence-corrected chi connectivity index (χ1v) is 6.14. The minimum Gasteiger partial charge on any atom is -0.466 e. The van der Waals surface area contributed by atoms with Gasteiger partial charge in [0.2, 0.25) is 11.9 Å². The van der Waals surface area contributed by atoms with Gasteiger partial charge in [0.25, 0.3) is 0 Å². The van der Waals surface area contributed by atoms with Crippen molar-refractivity contribution < 1.29 is 14.3 Å². The number of hydrogen-bond donors (Lipinski definition) is 1. The molecule has 0 bridgehead atoms. The van der Waals surface area contributed by atoms with Crippen LogP contribution in [-0.2, 0) is 14.3 Å². The maximum Gasteiger partial charge on any atom is 0.308 e. The van der Waals surface area contributed by atoms with Crippen LogP contribution in [0.4, 0.5) is 5.95 Å². The van der Waals surface area contributed by atoms with Gasteiger partial charge in [-0.1, -0.05) is 12.1 Å². The molecule has 1 N–H and O–H groups in total. The van der Waals surface area contributed by atoms with Crippen LogP contribution in [0.15, 0.2) is 24.3 Å². The summed E-state index contributed by atoms with van der Waals surface area (Å²) in [6, 6.07) is 6.93. The molecule has 0 aliphatic carbocycles. The molecule has 2 aromatic rings. The van der Waals surface area contributed by atoms with Crippen LogP contribution in [0.1, 0.15) is 19.4 Å². The van der Waals surface area contributed by atoms with Crippen molar-refractivity contribution in [2.24, 2.45) is 0 Å². The van der Waals surface area contributed by atoms with Gasteiger partial charge < -0.3 is 4.74 Å². The first-order chi connectivity index (χ1) is 9.20. The lowest BCUT2D eigenvalue weighted by Gasteiger charge is -2.10. The molecule has 2 heterocycles. The Bertz CT molecular complexity index is 662. The highest BCUT2D eigenvalue weighted by Gasteiger charge is 2.34. The SMILES string of the molecule is CCOC(=O)C[C@H]1C(=O)Nc2nc3ccccc3n21. The quantitative estimate of drug-likeness (QED) is 0.847. The summed E-state index contributed by atoms with van der Waals surface area (Å²) in [6.07, 6.45) is 0.0209. The number of hydrogen-bond acceptors (Lipinski definition) is 4. The van der Waals surface area contributed by atoms with E-state index in [4.69, 9.17) is 4.74 Å². The van der Waals surface area contributed by atoms with Crippen molar-refractivity contribution in [1.29, 1.82) is 0 Å². The number of imidazole rings is 1. The monoisotopic (exact) mass is 259 g/mol. The van der Waals surface area contributed by atoms with Crippen molar-refractivity contribution in [3.63, 3.8) is 0 Å². The largest absolute Gasteiger partial charge is 0.466 e. The number of aromatic nitrogens is 2. The zero-order valence-corrected chi connectivity index (χ0v) is 10.4. The number of nitrogens with one attached hydrogen (secondary N) is 1. The van der Waals surface area contributed by atoms with Crippen LogP contribution in [0.3, 0.4) is 0 Å². The first-order valence-electron chi connectivity index (χ1n) is 6.14. The number of para-hydroxylation sites is 2. The fraction of sp³-hybridized carbons (Fsp3) is 0.308. The number of rotatable bonds is 3. The summed E-state index contributed by atoms with van der Waals surface area (Å²) in [7, 11) is 0. The Labute approximate surface area is 109 Å². The van der Waals surface area contributed by atoms with Crippen molar-refractivity contribution in [1.82, 2.24) is 9.55 Å². The molecular weight excluding hydrogens is 246 g/mol. The summed E-state index contributed by atoms with van der Waals surface area (Å²) in [4.78, 5) is 27.8. The van der Waals surface area contributed by atoms with Gasteiger partial charge in [0, 0.05) is 0 Å². The maximum absolute atomic E-state index is 11.9. The number of ether oxygens (including phenoxy) is 1. The van der Waals surface area contributed by atoms with Crippen molar-refractivity contribution in [3.8, 4) is 0 Å². The third-order valence-corrected chi connectivity index (χ3v) is 3.11. The van der Waals surface area contributed by atoms with E-state index in [1.54, 1.807) is 11.5 Å². The molecular formula is C13H13N3O3. The minimum atomic E-state index is -0.582. The third-order valence-electron chi connectivity index (χ3n) is 3.11. The van der Waals surface area contributed by atoms with Gasteiger partial charge in [-0.15, -0.1) is 0 Å². The molecule has 1 aliphatic heterocycles. The van der Waals surface area contributed by atoms with E-state index in [0.717, 1.165) is 11.0 Å². The average Bonchev–Trinajstić information content (AvgIpc) is 2.87. The van der Waals surface area contributed by atoms with Crippen LogP contribution in [-0.4, -0.2) is 28.0 Å². The lowest BCUT2D eigenvalue weighted by molar-refractivity contribution is -0.145. The molecule has 19 heavy (non-hydrogen) atoms. The van der Waals surface area contributed by atoms with Crippen molar-refractivity contribution in [2.75, 3.05) is 11.9 Å². The minimum absolute atomic E-state index is 0.0209. The van der Waals surface area contributed by atoms with E-state index in [-0.39, 0.29) is 18.3 Å². The Morgan fingerprint density at radius 1 is 1.47 bits per heavy atom. The van der Waals surface area contributed by atoms with Crippen molar-refractivity contribution in [3.05, 3.63) is 24.3 Å². The van der Waals surface area contributed by atoms with Gasteiger partial charge in [0.15, 0.2) is 0 Å². The molecule has 0 radical (unpaired) electrons. The van der Waals surface area contributed by atoms with Gasteiger partial charge in [0.05, 0.1) is 24.1 Å². The van der Waals surface area contributed by atoms with Crippen LogP contribution in [0.5, 0.6) is 0 Å². The molecule has 1 aliphatic rings. The van der Waals surface area contributed by atoms with E-state index in [1.807, 2.05) is 24.3 Å². The predicted octanol–water partition coefficient (Wildman–Crippen LogP) is 1.48. The Morgan fingerprint density at radius 2 is 2.26 bits per heavy atom. The maximum atomic E-state index is 11.9. The smallest absolute Gasteiger partial charge is 0.308 e. The molecule has 0 fully saturated rings. The van der Waals surface area contributed by atoms with Crippen LogP contribution < -0.4 is 5.32 Å². The number of nitrogens with zero attached hydrogens (tertiary/aromatic N) is 2. The summed E-state index contributed by atoms with van der Waals surface area (Å²) in [5, 5.41) is 2.69. The summed E-state index contributed by atoms with van der Waals surface area (Å²) >= 11 is 0. The molecule has 6 heteroatoms. The van der Waals surface area contributed by atoms with E-state index in [0.29, 0.717) is 12.6 Å². The van der Waals surface area contributed by atoms with Crippen molar-refractivity contribution >= 4 is 28.9 Å². The van der Waals surface area contributed by atoms with Gasteiger partial charge in [-0.3, -0.25) is 19.5 Å². The number of benzene rings is 1. The number of amides is 1. The Hall–Kier alpha value is -2.37. The van der Waals surface area contributed by atoms with Gasteiger partial charge >= 0.3 is 5.97 Å². The summed E-state index contributed by atoms with van der Waals surface area (Å²) in [6.45, 7) is 2.05. The Kier molecular flexibility index (Phi) is 2.70. The average molecular weight is 259 g/mol. The van der Waals surface area contributed by atoms with Gasteiger partial charge in [0.1, 0.15) is 6.04 Å². The van der Waals surface area contributed by atoms with E-state index in [2.05, 4.69) is 10.3 Å². The topological polar surface area (TPSA) is 73.2 Å². The molecule has 1 atom stereocenters. The highest BCUT2D eigenvalue weighted by atomic mass is 16.5. The molecule has 0 saturated carbocycles. The standard InChI is InChI=1S/C13H13N3O3/c1-2-19-11(17)7-10-12(18)15-13-14-8-5-3-4-6-9(8)16(10)13/h3-6,10H,2,7H2,1H3,(H,14,15,18)/t10-/m0/s1. The number of carbonyl (C=O) groups excluding carboxylic acids is 2. The fourth-order valence-electron chi connectivity index (χ4n) is 2.32. The predicted molar refractivity (Wildman–Crippen MR) is 68.6 cm³/mol. The van der Waals surface area contributed by atoms with Gasteiger partial charge in [-0.25, -0.2) is 4.98 Å². The van der Waals surface area contributed by atoms with Crippen molar-refractivity contribution in [2.45, 2.75) is 19.4 Å². The van der Waals surface area contributed by atoms with Crippen LogP contribution >= 0.6 is 0 Å². The third kappa shape index (κ3) is 1.85. The van der Waals surface area contributed by atoms with Crippen LogP contribution in [0.2, 0.25) is 0 Å². The number of fused-ring (bicyclic) bond motifs is 3. The second-order valence-electron chi connectivity index (χ2n) is 4.31. The molecule has 6 nitrogen and oxygen atoms in total. The number of carbonyl (C=O) groups is 2. The number of anilines is 1. The summed E-state index contributed by atoms with van der Waals surface area (Å²) < 4.78 is 6.66. The van der Waals surface area contributed by atoms with E-state index >= 15 is 0 Å². The fourth-order valence-corrected chi connectivity index (χ4v) is 2.32. The van der Waals surface area contributed by atoms with Gasteiger partial charge in [-0.05, 0) is 19.1 Å². The number of esters is 1. The zero-order valence-electron chi connectivity index (χ0n) is 10.4. The molecule has 1 amide bonds. The highest BCUT2D eigenvalue weighted by molar-refractivity contribution is 6.01. The highest BCUT2D eigenvalue weighted by Crippen LogP contribution is 2.32. The lowest BCUT2D eigenvalue weighted by atomic mass is 10.2. The molecule has 1 aromatic heterocycles. The molecule has 0 unspecified atom stereocenters. The lowest BCUT2D eigenvalue weighted by Crippen LogP contribution is -2.20. The Balaban J connectivity index is 2.00. The normalized spacial score (nSPS) is 17.3. The van der Waals surface area contributed by atoms with Gasteiger partial charge in [-0.2, -0.15) is 0 Å². The van der Waals surface area contributed by atoms with E-state index in [1.165, 1.54) is 0 Å². The van der Waals surface area contributed by atoms with Crippen LogP contribution in [0.25, 0.3) is 11.0 Å². The second kappa shape index (κ2) is 4.38. The summed E-state index contributed by atoms with van der Waals surface area (Å²) in [5.41, 5.74) is 1.64. The van der Waals surface area contributed by atoms with E-state index < -0.39 is 6.04 Å². The summed E-state index contributed by atoms with van der Waals surface area (Å²) in [5.74, 6) is -0.116. The van der Waals surface area contributed by atoms with E-state index in [9.17, 15) is 9.59 Å². The second-order valence-corrected chi connectivity index (χ2v) is 4.31. The molecule has 0 saturated heterocycles. The molecule has 1 aromatic carbocycles. The molecule has 98 valence electrons. The Morgan fingerprint density at radius 3 is 3.05 bits per heavy atom. The molecule has 3 rings (SSSR count). The zero-order chi connectivity index (χ0) is 13.4. The molecule has 0 spiro atoms. The first kappa shape index (κ1) is 11.7.